The van der Waals surface area contributed by atoms with Crippen molar-refractivity contribution in [2.24, 2.45) is 0 Å². The van der Waals surface area contributed by atoms with Crippen LogP contribution in [-0.4, -0.2) is 36.5 Å². The Labute approximate surface area is 109 Å². The molecule has 0 amide bonds. The molecule has 4 heteroatoms. The number of aliphatic hydroxyl groups excluding tert-OH is 2. The highest BCUT2D eigenvalue weighted by Crippen LogP contribution is 2.23. The van der Waals surface area contributed by atoms with E-state index in [0.717, 1.165) is 12.2 Å². The first-order valence-corrected chi connectivity index (χ1v) is 6.42. The summed E-state index contributed by atoms with van der Waals surface area (Å²) in [7, 11) is 1.82. The summed E-state index contributed by atoms with van der Waals surface area (Å²) in [5, 5.41) is 22.8. The summed E-state index contributed by atoms with van der Waals surface area (Å²) in [4.78, 5) is 0. The number of aliphatic hydroxyl groups is 2. The maximum atomic E-state index is 10.0. The summed E-state index contributed by atoms with van der Waals surface area (Å²) in [6, 6.07) is 7.26. The Morgan fingerprint density at radius 3 is 2.78 bits per heavy atom. The van der Waals surface area contributed by atoms with Crippen molar-refractivity contribution in [3.05, 3.63) is 29.8 Å². The van der Waals surface area contributed by atoms with E-state index in [9.17, 15) is 10.2 Å². The number of benzene rings is 1. The van der Waals surface area contributed by atoms with Gasteiger partial charge < -0.3 is 20.3 Å². The van der Waals surface area contributed by atoms with Crippen LogP contribution >= 0.6 is 0 Å². The van der Waals surface area contributed by atoms with Crippen LogP contribution in [0.3, 0.4) is 0 Å². The molecule has 0 fully saturated rings. The largest absolute Gasteiger partial charge is 0.494 e. The van der Waals surface area contributed by atoms with Crippen molar-refractivity contribution >= 4 is 0 Å². The number of ether oxygens (including phenoxy) is 1. The lowest BCUT2D eigenvalue weighted by atomic mass is 10.0. The second-order valence-electron chi connectivity index (χ2n) is 4.33. The molecule has 4 nitrogen and oxygen atoms in total. The summed E-state index contributed by atoms with van der Waals surface area (Å²) >= 11 is 0. The fraction of sp³-hybridized carbons (Fsp3) is 0.571. The van der Waals surface area contributed by atoms with Crippen LogP contribution in [0.25, 0.3) is 0 Å². The molecule has 0 aliphatic carbocycles. The van der Waals surface area contributed by atoms with Gasteiger partial charge >= 0.3 is 0 Å². The Hall–Kier alpha value is -1.10. The highest BCUT2D eigenvalue weighted by Gasteiger charge is 2.18. The van der Waals surface area contributed by atoms with Crippen LogP contribution in [0.15, 0.2) is 24.3 Å². The summed E-state index contributed by atoms with van der Waals surface area (Å²) < 4.78 is 5.50. The molecule has 1 aromatic rings. The van der Waals surface area contributed by atoms with Crippen molar-refractivity contribution in [1.82, 2.24) is 5.32 Å². The molecule has 2 unspecified atom stereocenters. The molecule has 102 valence electrons. The Kier molecular flexibility index (Phi) is 6.72. The zero-order valence-electron chi connectivity index (χ0n) is 11.1. The van der Waals surface area contributed by atoms with E-state index in [1.54, 1.807) is 12.1 Å². The smallest absolute Gasteiger partial charge is 0.119 e. The Bertz CT molecular complexity index is 344. The van der Waals surface area contributed by atoms with Crippen LogP contribution in [-0.2, 0) is 0 Å². The van der Waals surface area contributed by atoms with Gasteiger partial charge in [-0.3, -0.25) is 0 Å². The van der Waals surface area contributed by atoms with Gasteiger partial charge in [-0.2, -0.15) is 0 Å². The second-order valence-corrected chi connectivity index (χ2v) is 4.33. The minimum absolute atomic E-state index is 0.512. The predicted octanol–water partition coefficient (Wildman–Crippen LogP) is 1.48. The maximum Gasteiger partial charge on any atom is 0.119 e. The molecule has 2 atom stereocenters. The average Bonchev–Trinajstić information content (AvgIpc) is 2.42. The van der Waals surface area contributed by atoms with Crippen molar-refractivity contribution in [2.75, 3.05) is 20.2 Å². The zero-order chi connectivity index (χ0) is 13.4. The fourth-order valence-corrected chi connectivity index (χ4v) is 1.68. The molecule has 0 spiro atoms. The topological polar surface area (TPSA) is 61.7 Å². The van der Waals surface area contributed by atoms with E-state index < -0.39 is 12.2 Å². The minimum Gasteiger partial charge on any atom is -0.494 e. The normalized spacial score (nSPS) is 14.2. The Balaban J connectivity index is 2.63. The number of hydrogen-bond acceptors (Lipinski definition) is 4. The molecule has 0 radical (unpaired) electrons. The number of hydrogen-bond donors (Lipinski definition) is 3. The first-order valence-electron chi connectivity index (χ1n) is 6.42. The molecule has 3 N–H and O–H groups in total. The molecule has 0 bridgehead atoms. The third-order valence-electron chi connectivity index (χ3n) is 2.73. The van der Waals surface area contributed by atoms with Crippen LogP contribution in [0.5, 0.6) is 5.75 Å². The molecule has 1 rings (SSSR count). The van der Waals surface area contributed by atoms with E-state index in [1.807, 2.05) is 26.1 Å². The van der Waals surface area contributed by atoms with Gasteiger partial charge in [-0.1, -0.05) is 19.1 Å². The van der Waals surface area contributed by atoms with Gasteiger partial charge in [-0.05, 0) is 44.1 Å². The van der Waals surface area contributed by atoms with Gasteiger partial charge in [0.15, 0.2) is 0 Å². The molecule has 18 heavy (non-hydrogen) atoms. The van der Waals surface area contributed by atoms with E-state index in [2.05, 4.69) is 5.32 Å². The maximum absolute atomic E-state index is 10.0. The third-order valence-corrected chi connectivity index (χ3v) is 2.73. The van der Waals surface area contributed by atoms with Crippen molar-refractivity contribution < 1.29 is 14.9 Å². The van der Waals surface area contributed by atoms with Gasteiger partial charge in [0, 0.05) is 0 Å². The molecular formula is C14H23NO3. The standard InChI is InChI=1S/C14H23NO3/c1-3-9-18-12-6-4-5-11(10-12)14(17)13(16)7-8-15-2/h4-6,10,13-17H,3,7-9H2,1-2H3. The minimum atomic E-state index is -0.872. The van der Waals surface area contributed by atoms with Gasteiger partial charge in [0.2, 0.25) is 0 Å². The molecule has 0 saturated carbocycles. The fourth-order valence-electron chi connectivity index (χ4n) is 1.68. The SMILES string of the molecule is CCCOc1cccc(C(O)C(O)CCNC)c1. The first kappa shape index (κ1) is 15.0. The molecule has 0 aliphatic rings. The highest BCUT2D eigenvalue weighted by molar-refractivity contribution is 5.30. The number of nitrogens with one attached hydrogen (secondary N) is 1. The lowest BCUT2D eigenvalue weighted by Gasteiger charge is -2.18. The second kappa shape index (κ2) is 8.08. The summed E-state index contributed by atoms with van der Waals surface area (Å²) in [5.41, 5.74) is 0.687. The van der Waals surface area contributed by atoms with E-state index in [1.165, 1.54) is 0 Å². The van der Waals surface area contributed by atoms with Crippen LogP contribution in [0.1, 0.15) is 31.4 Å². The van der Waals surface area contributed by atoms with Gasteiger partial charge in [0.1, 0.15) is 11.9 Å². The average molecular weight is 253 g/mol. The molecule has 0 aromatic heterocycles. The van der Waals surface area contributed by atoms with Crippen molar-refractivity contribution in [3.63, 3.8) is 0 Å². The van der Waals surface area contributed by atoms with Gasteiger partial charge in [0.25, 0.3) is 0 Å². The molecule has 1 aromatic carbocycles. The summed E-state index contributed by atoms with van der Waals surface area (Å²) in [5.74, 6) is 0.731. The van der Waals surface area contributed by atoms with E-state index in [-0.39, 0.29) is 0 Å². The van der Waals surface area contributed by atoms with Crippen LogP contribution in [0.4, 0.5) is 0 Å². The lowest BCUT2D eigenvalue weighted by Crippen LogP contribution is -2.23. The summed E-state index contributed by atoms with van der Waals surface area (Å²) in [6.45, 7) is 3.37. The predicted molar refractivity (Wildman–Crippen MR) is 71.7 cm³/mol. The van der Waals surface area contributed by atoms with Gasteiger partial charge in [-0.25, -0.2) is 0 Å². The Morgan fingerprint density at radius 1 is 1.33 bits per heavy atom. The highest BCUT2D eigenvalue weighted by atomic mass is 16.5. The van der Waals surface area contributed by atoms with Gasteiger partial charge in [0.05, 0.1) is 12.7 Å². The zero-order valence-corrected chi connectivity index (χ0v) is 11.1. The first-order chi connectivity index (χ1) is 8.69. The molecular weight excluding hydrogens is 230 g/mol. The monoisotopic (exact) mass is 253 g/mol. The molecule has 0 saturated heterocycles. The van der Waals surface area contributed by atoms with Crippen molar-refractivity contribution in [1.29, 1.82) is 0 Å². The van der Waals surface area contributed by atoms with Crippen LogP contribution in [0.2, 0.25) is 0 Å². The van der Waals surface area contributed by atoms with E-state index >= 15 is 0 Å². The molecule has 0 heterocycles. The summed E-state index contributed by atoms with van der Waals surface area (Å²) in [6.07, 6.45) is -0.183. The van der Waals surface area contributed by atoms with Crippen molar-refractivity contribution in [3.8, 4) is 5.75 Å². The van der Waals surface area contributed by atoms with E-state index in [0.29, 0.717) is 25.1 Å². The van der Waals surface area contributed by atoms with Crippen LogP contribution in [0, 0.1) is 0 Å². The molecule has 0 aliphatic heterocycles. The lowest BCUT2D eigenvalue weighted by molar-refractivity contribution is 0.0139. The van der Waals surface area contributed by atoms with E-state index in [4.69, 9.17) is 4.74 Å². The Morgan fingerprint density at radius 2 is 2.11 bits per heavy atom. The van der Waals surface area contributed by atoms with Crippen molar-refractivity contribution in [2.45, 2.75) is 32.0 Å². The van der Waals surface area contributed by atoms with Gasteiger partial charge in [-0.15, -0.1) is 0 Å². The van der Waals surface area contributed by atoms with Crippen LogP contribution < -0.4 is 10.1 Å². The quantitative estimate of drug-likeness (QED) is 0.656. The third kappa shape index (κ3) is 4.64. The number of rotatable bonds is 8.